The fourth-order valence-electron chi connectivity index (χ4n) is 7.67. The van der Waals surface area contributed by atoms with Gasteiger partial charge in [-0.1, -0.05) is 65.7 Å². The molecule has 0 unspecified atom stereocenters. The third-order valence-corrected chi connectivity index (χ3v) is 11.5. The van der Waals surface area contributed by atoms with Gasteiger partial charge < -0.3 is 25.6 Å². The Morgan fingerprint density at radius 3 is 1.40 bits per heavy atom. The molecule has 4 amide bonds. The standard InChI is InChI=1S/C26H27N3O3.C26H27N3O2/c1-18-5-9-21(10-6-18)22-13-23(15-24(14-22)26(31)28-11-3-4-12-28)25(30)27-16-20-8-7-19(2)29(32)17-20;1-18-5-9-21(10-6-18)22-13-23(15-24(14-22)26(31)29-11-3-4-12-29)25(30)28-17-20-8-7-19(2)27-16-20/h5-10,13-15,17H,3-4,11-12,16H2,1-2H3,(H,27,30);5-10,13-16H,3-4,11-12,17H2,1-2H3,(H,28,30). The number of likely N-dealkylation sites (tertiary alicyclic amines) is 2. The van der Waals surface area contributed by atoms with Gasteiger partial charge >= 0.3 is 0 Å². The van der Waals surface area contributed by atoms with Gasteiger partial charge in [0.2, 0.25) is 0 Å². The Kier molecular flexibility index (Phi) is 14.1. The Morgan fingerprint density at radius 1 is 0.540 bits per heavy atom. The molecule has 0 aliphatic carbocycles. The Labute approximate surface area is 369 Å². The first-order valence-electron chi connectivity index (χ1n) is 21.6. The Balaban J connectivity index is 0.000000189. The van der Waals surface area contributed by atoms with E-state index >= 15 is 0 Å². The first-order chi connectivity index (χ1) is 30.4. The van der Waals surface area contributed by atoms with Crippen molar-refractivity contribution in [3.63, 3.8) is 0 Å². The number of pyridine rings is 2. The maximum atomic E-state index is 13.1. The van der Waals surface area contributed by atoms with Gasteiger partial charge in [-0.25, -0.2) is 0 Å². The molecule has 0 radical (unpaired) electrons. The summed E-state index contributed by atoms with van der Waals surface area (Å²) in [4.78, 5) is 60.0. The molecule has 0 spiro atoms. The molecule has 11 nitrogen and oxygen atoms in total. The highest BCUT2D eigenvalue weighted by molar-refractivity contribution is 6.02. The van der Waals surface area contributed by atoms with Crippen molar-refractivity contribution in [2.24, 2.45) is 0 Å². The third-order valence-electron chi connectivity index (χ3n) is 11.5. The lowest BCUT2D eigenvalue weighted by Crippen LogP contribution is -2.31. The number of carbonyl (C=O) groups excluding carboxylic acids is 4. The number of aromatic nitrogens is 2. The molecule has 2 aromatic heterocycles. The number of nitrogens with one attached hydrogen (secondary N) is 2. The average Bonchev–Trinajstić information content (AvgIpc) is 4.06. The van der Waals surface area contributed by atoms with Crippen LogP contribution >= 0.6 is 0 Å². The molecule has 4 aromatic carbocycles. The van der Waals surface area contributed by atoms with Gasteiger partial charge in [-0.05, 0) is 123 Å². The number of carbonyl (C=O) groups is 4. The highest BCUT2D eigenvalue weighted by Crippen LogP contribution is 2.27. The van der Waals surface area contributed by atoms with Crippen molar-refractivity contribution in [3.8, 4) is 22.3 Å². The topological polar surface area (TPSA) is 139 Å². The molecule has 63 heavy (non-hydrogen) atoms. The second-order valence-corrected chi connectivity index (χ2v) is 16.5. The van der Waals surface area contributed by atoms with Gasteiger partial charge in [-0.15, -0.1) is 0 Å². The zero-order valence-electron chi connectivity index (χ0n) is 36.4. The van der Waals surface area contributed by atoms with Crippen LogP contribution in [-0.4, -0.2) is 64.6 Å². The predicted molar refractivity (Wildman–Crippen MR) is 245 cm³/mol. The molecule has 11 heteroatoms. The third kappa shape index (κ3) is 11.4. The van der Waals surface area contributed by atoms with E-state index in [0.29, 0.717) is 40.1 Å². The number of rotatable bonds is 10. The quantitative estimate of drug-likeness (QED) is 0.105. The molecule has 0 atom stereocenters. The van der Waals surface area contributed by atoms with E-state index in [0.717, 1.165) is 101 Å². The Morgan fingerprint density at radius 2 is 0.968 bits per heavy atom. The van der Waals surface area contributed by atoms with Gasteiger partial charge in [0, 0.05) is 92.0 Å². The van der Waals surface area contributed by atoms with Crippen molar-refractivity contribution in [2.75, 3.05) is 26.2 Å². The van der Waals surface area contributed by atoms with Crippen LogP contribution in [0.15, 0.2) is 122 Å². The van der Waals surface area contributed by atoms with Crippen LogP contribution in [0.5, 0.6) is 0 Å². The highest BCUT2D eigenvalue weighted by atomic mass is 16.5. The monoisotopic (exact) mass is 842 g/mol. The van der Waals surface area contributed by atoms with Crippen LogP contribution in [-0.2, 0) is 13.1 Å². The average molecular weight is 843 g/mol. The predicted octanol–water partition coefficient (Wildman–Crippen LogP) is 8.30. The molecule has 6 aromatic rings. The van der Waals surface area contributed by atoms with Gasteiger partial charge in [0.1, 0.15) is 0 Å². The van der Waals surface area contributed by atoms with E-state index in [4.69, 9.17) is 0 Å². The first-order valence-corrected chi connectivity index (χ1v) is 21.6. The van der Waals surface area contributed by atoms with E-state index in [-0.39, 0.29) is 30.2 Å². The fourth-order valence-corrected chi connectivity index (χ4v) is 7.67. The molecule has 2 fully saturated rings. The second-order valence-electron chi connectivity index (χ2n) is 16.5. The zero-order chi connectivity index (χ0) is 44.5. The highest BCUT2D eigenvalue weighted by Gasteiger charge is 2.23. The summed E-state index contributed by atoms with van der Waals surface area (Å²) in [6, 6.07) is 34.3. The van der Waals surface area contributed by atoms with E-state index < -0.39 is 0 Å². The number of amides is 4. The van der Waals surface area contributed by atoms with E-state index in [1.165, 1.54) is 6.20 Å². The molecule has 0 bridgehead atoms. The minimum atomic E-state index is -0.285. The van der Waals surface area contributed by atoms with Gasteiger partial charge in [0.05, 0.1) is 0 Å². The largest absolute Gasteiger partial charge is 0.619 e. The molecule has 8 rings (SSSR count). The van der Waals surface area contributed by atoms with E-state index in [1.54, 1.807) is 31.3 Å². The van der Waals surface area contributed by atoms with Crippen LogP contribution in [0.2, 0.25) is 0 Å². The lowest BCUT2D eigenvalue weighted by molar-refractivity contribution is -0.612. The first kappa shape index (κ1) is 43.9. The van der Waals surface area contributed by atoms with Gasteiger partial charge in [0.25, 0.3) is 23.6 Å². The molecule has 2 aliphatic rings. The van der Waals surface area contributed by atoms with Crippen LogP contribution in [0, 0.1) is 32.9 Å². The molecule has 2 aliphatic heterocycles. The molecule has 0 saturated carbocycles. The molecule has 322 valence electrons. The minimum Gasteiger partial charge on any atom is -0.619 e. The van der Waals surface area contributed by atoms with Crippen LogP contribution in [0.4, 0.5) is 0 Å². The lowest BCUT2D eigenvalue weighted by atomic mass is 9.98. The fraction of sp³-hybridized carbons (Fsp3) is 0.269. The van der Waals surface area contributed by atoms with E-state index in [1.807, 2.05) is 122 Å². The molecule has 4 heterocycles. The summed E-state index contributed by atoms with van der Waals surface area (Å²) >= 11 is 0. The van der Waals surface area contributed by atoms with Crippen molar-refractivity contribution >= 4 is 23.6 Å². The number of nitrogens with zero attached hydrogens (tertiary/aromatic N) is 4. The maximum absolute atomic E-state index is 13.1. The van der Waals surface area contributed by atoms with Gasteiger partial charge in [-0.3, -0.25) is 24.2 Å². The van der Waals surface area contributed by atoms with Crippen molar-refractivity contribution in [2.45, 2.75) is 66.5 Å². The molecular weight excluding hydrogens is 789 g/mol. The summed E-state index contributed by atoms with van der Waals surface area (Å²) in [7, 11) is 0. The van der Waals surface area contributed by atoms with Crippen LogP contribution in [0.25, 0.3) is 22.3 Å². The van der Waals surface area contributed by atoms with Crippen molar-refractivity contribution in [3.05, 3.63) is 183 Å². The van der Waals surface area contributed by atoms with Gasteiger partial charge in [-0.2, -0.15) is 4.73 Å². The molecule has 2 saturated heterocycles. The summed E-state index contributed by atoms with van der Waals surface area (Å²) < 4.78 is 0.784. The Bertz CT molecular complexity index is 2600. The summed E-state index contributed by atoms with van der Waals surface area (Å²) in [5.41, 5.74) is 11.1. The zero-order valence-corrected chi connectivity index (χ0v) is 36.4. The summed E-state index contributed by atoms with van der Waals surface area (Å²) in [6.45, 7) is 11.4. The molecule has 2 N–H and O–H groups in total. The van der Waals surface area contributed by atoms with E-state index in [9.17, 15) is 24.4 Å². The second kappa shape index (κ2) is 20.2. The number of aryl methyl sites for hydroxylation is 4. The SMILES string of the molecule is Cc1ccc(-c2cc(C(=O)NCc3ccc(C)[n+]([O-])c3)cc(C(=O)N3CCCC3)c2)cc1.Cc1ccc(-c2cc(C(=O)NCc3ccc(C)nc3)cc(C(=O)N3CCCC3)c2)cc1. The van der Waals surface area contributed by atoms with Crippen molar-refractivity contribution in [1.29, 1.82) is 0 Å². The number of benzene rings is 4. The normalized spacial score (nSPS) is 13.3. The molecular formula is C52H54N6O5. The lowest BCUT2D eigenvalue weighted by Gasteiger charge is -2.17. The van der Waals surface area contributed by atoms with Gasteiger partial charge in [0.15, 0.2) is 11.9 Å². The van der Waals surface area contributed by atoms with Crippen LogP contribution in [0.1, 0.15) is 101 Å². The summed E-state index contributed by atoms with van der Waals surface area (Å²) in [5.74, 6) is -0.544. The Hall–Kier alpha value is -7.14. The summed E-state index contributed by atoms with van der Waals surface area (Å²) in [5, 5.41) is 17.6. The van der Waals surface area contributed by atoms with Crippen LogP contribution in [0.3, 0.4) is 0 Å². The van der Waals surface area contributed by atoms with Crippen LogP contribution < -0.4 is 15.4 Å². The number of hydrogen-bond donors (Lipinski definition) is 2. The van der Waals surface area contributed by atoms with Crippen molar-refractivity contribution < 1.29 is 23.9 Å². The maximum Gasteiger partial charge on any atom is 0.253 e. The van der Waals surface area contributed by atoms with Crippen molar-refractivity contribution in [1.82, 2.24) is 25.4 Å². The smallest absolute Gasteiger partial charge is 0.253 e. The number of hydrogen-bond acceptors (Lipinski definition) is 6. The minimum absolute atomic E-state index is 0.0109. The summed E-state index contributed by atoms with van der Waals surface area (Å²) in [6.07, 6.45) is 7.30. The van der Waals surface area contributed by atoms with E-state index in [2.05, 4.69) is 15.6 Å².